The van der Waals surface area contributed by atoms with E-state index in [9.17, 15) is 4.79 Å². The van der Waals surface area contributed by atoms with Gasteiger partial charge in [0.2, 0.25) is 0 Å². The molecule has 2 aromatic heterocycles. The maximum Gasteiger partial charge on any atom is 0.266 e. The summed E-state index contributed by atoms with van der Waals surface area (Å²) in [6.45, 7) is 1.91. The maximum atomic E-state index is 10.8. The molecule has 0 radical (unpaired) electrons. The molecular formula is C8H11N6O+. The summed E-state index contributed by atoms with van der Waals surface area (Å²) in [5.41, 5.74) is 3.61. The van der Waals surface area contributed by atoms with Crippen LogP contribution in [0.4, 0.5) is 0 Å². The van der Waals surface area contributed by atoms with Crippen LogP contribution in [0.25, 0.3) is 5.82 Å². The van der Waals surface area contributed by atoms with Gasteiger partial charge in [0.25, 0.3) is 5.56 Å². The highest BCUT2D eigenvalue weighted by Crippen LogP contribution is 2.07. The first-order valence-corrected chi connectivity index (χ1v) is 4.46. The molecule has 0 aliphatic carbocycles. The van der Waals surface area contributed by atoms with Crippen molar-refractivity contribution < 1.29 is 5.73 Å². The Morgan fingerprint density at radius 1 is 1.53 bits per heavy atom. The summed E-state index contributed by atoms with van der Waals surface area (Å²) < 4.78 is 1.55. The fourth-order valence-electron chi connectivity index (χ4n) is 1.21. The minimum atomic E-state index is -0.247. The molecular weight excluding hydrogens is 196 g/mol. The topological polar surface area (TPSA) is 104 Å². The van der Waals surface area contributed by atoms with Gasteiger partial charge in [0, 0.05) is 6.20 Å². The van der Waals surface area contributed by atoms with Gasteiger partial charge in [-0.3, -0.25) is 4.79 Å². The molecule has 0 fully saturated rings. The molecule has 0 aromatic carbocycles. The van der Waals surface area contributed by atoms with Crippen molar-refractivity contribution in [3.05, 3.63) is 34.9 Å². The average molecular weight is 207 g/mol. The quantitative estimate of drug-likeness (QED) is 0.635. The first kappa shape index (κ1) is 9.53. The van der Waals surface area contributed by atoms with Crippen molar-refractivity contribution in [3.8, 4) is 5.82 Å². The van der Waals surface area contributed by atoms with E-state index < -0.39 is 0 Å². The molecule has 1 atom stereocenters. The fourth-order valence-corrected chi connectivity index (χ4v) is 1.21. The number of H-pyrrole nitrogens is 1. The number of aromatic nitrogens is 5. The van der Waals surface area contributed by atoms with E-state index in [1.54, 1.807) is 4.68 Å². The van der Waals surface area contributed by atoms with Crippen LogP contribution in [0.5, 0.6) is 0 Å². The van der Waals surface area contributed by atoms with Crippen LogP contribution < -0.4 is 11.3 Å². The SMILES string of the molecule is CC([NH3+])c1ncnn1-c1c[nH]c(=O)cn1. The second-order valence-electron chi connectivity index (χ2n) is 3.20. The average Bonchev–Trinajstić information content (AvgIpc) is 2.67. The van der Waals surface area contributed by atoms with Crippen LogP contribution in [0.2, 0.25) is 0 Å². The van der Waals surface area contributed by atoms with Gasteiger partial charge in [-0.2, -0.15) is 9.78 Å². The van der Waals surface area contributed by atoms with E-state index in [0.29, 0.717) is 11.6 Å². The summed E-state index contributed by atoms with van der Waals surface area (Å²) in [5, 5.41) is 4.02. The predicted octanol–water partition coefficient (Wildman–Crippen LogP) is -1.35. The molecule has 4 N–H and O–H groups in total. The Balaban J connectivity index is 2.49. The zero-order valence-electron chi connectivity index (χ0n) is 8.21. The Bertz CT molecular complexity index is 493. The standard InChI is InChI=1S/C8H10N6O/c1-5(9)8-12-4-13-14(8)6-2-11-7(15)3-10-6/h2-5H,9H2,1H3,(H,11,15)/p+1. The Labute approximate surface area is 85.0 Å². The van der Waals surface area contributed by atoms with Gasteiger partial charge < -0.3 is 10.7 Å². The van der Waals surface area contributed by atoms with Gasteiger partial charge in [0.05, 0.1) is 6.20 Å². The van der Waals surface area contributed by atoms with E-state index in [2.05, 4.69) is 25.8 Å². The molecule has 0 bridgehead atoms. The zero-order chi connectivity index (χ0) is 10.8. The van der Waals surface area contributed by atoms with Gasteiger partial charge in [0.15, 0.2) is 11.6 Å². The largest absolute Gasteiger partial charge is 0.349 e. The van der Waals surface area contributed by atoms with Crippen molar-refractivity contribution in [2.75, 3.05) is 0 Å². The number of quaternary nitrogens is 1. The Morgan fingerprint density at radius 3 is 2.93 bits per heavy atom. The van der Waals surface area contributed by atoms with Crippen LogP contribution >= 0.6 is 0 Å². The maximum absolute atomic E-state index is 10.8. The molecule has 2 aromatic rings. The number of hydrogen-bond acceptors (Lipinski definition) is 4. The van der Waals surface area contributed by atoms with Gasteiger partial charge in [-0.1, -0.05) is 0 Å². The second-order valence-corrected chi connectivity index (χ2v) is 3.20. The monoisotopic (exact) mass is 207 g/mol. The third-order valence-corrected chi connectivity index (χ3v) is 1.89. The summed E-state index contributed by atoms with van der Waals surface area (Å²) in [4.78, 5) is 21.4. The highest BCUT2D eigenvalue weighted by atomic mass is 16.1. The summed E-state index contributed by atoms with van der Waals surface area (Å²) in [7, 11) is 0. The normalized spacial score (nSPS) is 12.7. The highest BCUT2D eigenvalue weighted by Gasteiger charge is 2.13. The predicted molar refractivity (Wildman–Crippen MR) is 51.1 cm³/mol. The first-order valence-electron chi connectivity index (χ1n) is 4.46. The van der Waals surface area contributed by atoms with Crippen molar-refractivity contribution in [1.82, 2.24) is 24.7 Å². The lowest BCUT2D eigenvalue weighted by Gasteiger charge is -2.04. The number of hydrogen-bond donors (Lipinski definition) is 2. The van der Waals surface area contributed by atoms with Crippen molar-refractivity contribution in [2.45, 2.75) is 13.0 Å². The number of aromatic amines is 1. The van der Waals surface area contributed by atoms with E-state index in [-0.39, 0.29) is 11.6 Å². The van der Waals surface area contributed by atoms with Crippen molar-refractivity contribution in [2.24, 2.45) is 0 Å². The fraction of sp³-hybridized carbons (Fsp3) is 0.250. The number of rotatable bonds is 2. The first-order chi connectivity index (χ1) is 7.18. The molecule has 0 spiro atoms. The van der Waals surface area contributed by atoms with Crippen LogP contribution in [-0.2, 0) is 0 Å². The third kappa shape index (κ3) is 1.77. The molecule has 0 amide bonds. The van der Waals surface area contributed by atoms with E-state index in [4.69, 9.17) is 0 Å². The van der Waals surface area contributed by atoms with Crippen molar-refractivity contribution >= 4 is 0 Å². The number of nitrogens with one attached hydrogen (secondary N) is 1. The van der Waals surface area contributed by atoms with E-state index in [1.807, 2.05) is 6.92 Å². The molecule has 2 rings (SSSR count). The molecule has 1 unspecified atom stereocenters. The van der Waals surface area contributed by atoms with Crippen LogP contribution in [-0.4, -0.2) is 24.7 Å². The summed E-state index contributed by atoms with van der Waals surface area (Å²) >= 11 is 0. The molecule has 2 heterocycles. The minimum absolute atomic E-state index is 0.00114. The van der Waals surface area contributed by atoms with Gasteiger partial charge in [-0.05, 0) is 6.92 Å². The lowest BCUT2D eigenvalue weighted by atomic mass is 10.3. The summed E-state index contributed by atoms with van der Waals surface area (Å²) in [6, 6.07) is 0.00114. The van der Waals surface area contributed by atoms with E-state index >= 15 is 0 Å². The van der Waals surface area contributed by atoms with Crippen LogP contribution in [0.15, 0.2) is 23.5 Å². The summed E-state index contributed by atoms with van der Waals surface area (Å²) in [5.74, 6) is 1.23. The molecule has 15 heavy (non-hydrogen) atoms. The molecule has 78 valence electrons. The highest BCUT2D eigenvalue weighted by molar-refractivity contribution is 5.17. The second kappa shape index (κ2) is 3.62. The smallest absolute Gasteiger partial charge is 0.266 e. The summed E-state index contributed by atoms with van der Waals surface area (Å²) in [6.07, 6.45) is 4.13. The zero-order valence-corrected chi connectivity index (χ0v) is 8.21. The van der Waals surface area contributed by atoms with Crippen LogP contribution in [0.1, 0.15) is 18.8 Å². The van der Waals surface area contributed by atoms with Gasteiger partial charge in [-0.15, -0.1) is 0 Å². The molecule has 0 saturated carbocycles. The van der Waals surface area contributed by atoms with Gasteiger partial charge in [0.1, 0.15) is 12.4 Å². The van der Waals surface area contributed by atoms with E-state index in [0.717, 1.165) is 0 Å². The third-order valence-electron chi connectivity index (χ3n) is 1.89. The van der Waals surface area contributed by atoms with E-state index in [1.165, 1.54) is 18.7 Å². The Hall–Kier alpha value is -2.02. The van der Waals surface area contributed by atoms with Gasteiger partial charge >= 0.3 is 0 Å². The minimum Gasteiger partial charge on any atom is -0.349 e. The Morgan fingerprint density at radius 2 is 2.33 bits per heavy atom. The van der Waals surface area contributed by atoms with Gasteiger partial charge in [-0.25, -0.2) is 9.97 Å². The van der Waals surface area contributed by atoms with Crippen molar-refractivity contribution in [1.29, 1.82) is 0 Å². The van der Waals surface area contributed by atoms with Crippen molar-refractivity contribution in [3.63, 3.8) is 0 Å². The number of nitrogens with zero attached hydrogens (tertiary/aromatic N) is 4. The molecule has 0 saturated heterocycles. The molecule has 7 nitrogen and oxygen atoms in total. The lowest BCUT2D eigenvalue weighted by molar-refractivity contribution is -0.422. The van der Waals surface area contributed by atoms with Crippen LogP contribution in [0.3, 0.4) is 0 Å². The molecule has 0 aliphatic rings. The lowest BCUT2D eigenvalue weighted by Crippen LogP contribution is -2.52. The molecule has 7 heteroatoms. The Kier molecular flexibility index (Phi) is 2.30. The molecule has 0 aliphatic heterocycles. The van der Waals surface area contributed by atoms with Crippen LogP contribution in [0, 0.1) is 0 Å².